The molecule has 0 saturated carbocycles. The van der Waals surface area contributed by atoms with Crippen LogP contribution in [0.1, 0.15) is 11.1 Å². The summed E-state index contributed by atoms with van der Waals surface area (Å²) in [5.41, 5.74) is 4.30. The van der Waals surface area contributed by atoms with Gasteiger partial charge in [0.2, 0.25) is 0 Å². The van der Waals surface area contributed by atoms with E-state index in [-0.39, 0.29) is 0 Å². The SMILES string of the molecule is Cc1ccc(-n2ncc3c(SCc4cccc(Br)c4)ncnc32)cc1. The molecule has 2 aromatic heterocycles. The molecule has 0 aliphatic heterocycles. The molecule has 0 bridgehead atoms. The number of rotatable bonds is 4. The van der Waals surface area contributed by atoms with Crippen LogP contribution in [0.5, 0.6) is 0 Å². The van der Waals surface area contributed by atoms with Crippen molar-refractivity contribution >= 4 is 38.7 Å². The van der Waals surface area contributed by atoms with Crippen LogP contribution >= 0.6 is 27.7 Å². The van der Waals surface area contributed by atoms with Gasteiger partial charge < -0.3 is 0 Å². The van der Waals surface area contributed by atoms with Gasteiger partial charge in [0.1, 0.15) is 11.4 Å². The lowest BCUT2D eigenvalue weighted by molar-refractivity contribution is 0.893. The second-order valence-corrected chi connectivity index (χ2v) is 7.61. The molecule has 6 heteroatoms. The fourth-order valence-corrected chi connectivity index (χ4v) is 3.94. The Hall–Kier alpha value is -2.18. The standard InChI is InChI=1S/C19H15BrN4S/c1-13-5-7-16(8-6-13)24-18-17(10-23-24)19(22-12-21-18)25-11-14-3-2-4-15(20)9-14/h2-10,12H,11H2,1H3. The van der Waals surface area contributed by atoms with Crippen molar-refractivity contribution < 1.29 is 0 Å². The number of benzene rings is 2. The average Bonchev–Trinajstić information content (AvgIpc) is 3.05. The van der Waals surface area contributed by atoms with Crippen molar-refractivity contribution in [3.63, 3.8) is 0 Å². The molecule has 0 unspecified atom stereocenters. The summed E-state index contributed by atoms with van der Waals surface area (Å²) in [7, 11) is 0. The van der Waals surface area contributed by atoms with Gasteiger partial charge in [-0.05, 0) is 36.8 Å². The van der Waals surface area contributed by atoms with Gasteiger partial charge in [-0.3, -0.25) is 0 Å². The zero-order valence-electron chi connectivity index (χ0n) is 13.6. The largest absolute Gasteiger partial charge is 0.229 e. The molecule has 0 N–H and O–H groups in total. The summed E-state index contributed by atoms with van der Waals surface area (Å²) in [6.07, 6.45) is 3.45. The van der Waals surface area contributed by atoms with Crippen LogP contribution in [0.25, 0.3) is 16.7 Å². The van der Waals surface area contributed by atoms with Crippen molar-refractivity contribution in [2.45, 2.75) is 17.7 Å². The number of thioether (sulfide) groups is 1. The van der Waals surface area contributed by atoms with Gasteiger partial charge in [0, 0.05) is 10.2 Å². The summed E-state index contributed by atoms with van der Waals surface area (Å²) in [6, 6.07) is 16.6. The van der Waals surface area contributed by atoms with Crippen molar-refractivity contribution in [2.24, 2.45) is 0 Å². The maximum atomic E-state index is 4.52. The molecule has 4 rings (SSSR count). The van der Waals surface area contributed by atoms with Crippen LogP contribution in [-0.4, -0.2) is 19.7 Å². The van der Waals surface area contributed by atoms with E-state index in [0.29, 0.717) is 0 Å². The van der Waals surface area contributed by atoms with E-state index in [1.165, 1.54) is 11.1 Å². The molecule has 0 aliphatic carbocycles. The predicted molar refractivity (Wildman–Crippen MR) is 105 cm³/mol. The Balaban J connectivity index is 1.66. The summed E-state index contributed by atoms with van der Waals surface area (Å²) >= 11 is 5.21. The molecule has 0 amide bonds. The number of halogens is 1. The van der Waals surface area contributed by atoms with E-state index in [1.54, 1.807) is 18.1 Å². The second kappa shape index (κ2) is 6.98. The lowest BCUT2D eigenvalue weighted by Crippen LogP contribution is -1.98. The summed E-state index contributed by atoms with van der Waals surface area (Å²) in [4.78, 5) is 8.89. The highest BCUT2D eigenvalue weighted by Gasteiger charge is 2.11. The fraction of sp³-hybridized carbons (Fsp3) is 0.105. The summed E-state index contributed by atoms with van der Waals surface area (Å²) < 4.78 is 2.95. The fourth-order valence-electron chi connectivity index (χ4n) is 2.59. The normalized spacial score (nSPS) is 11.1. The van der Waals surface area contributed by atoms with Gasteiger partial charge in [-0.2, -0.15) is 5.10 Å². The van der Waals surface area contributed by atoms with E-state index in [2.05, 4.69) is 74.3 Å². The number of hydrogen-bond donors (Lipinski definition) is 0. The van der Waals surface area contributed by atoms with E-state index in [1.807, 2.05) is 23.0 Å². The van der Waals surface area contributed by atoms with Crippen molar-refractivity contribution in [3.8, 4) is 5.69 Å². The maximum absolute atomic E-state index is 4.52. The van der Waals surface area contributed by atoms with E-state index in [0.717, 1.165) is 32.0 Å². The van der Waals surface area contributed by atoms with Crippen LogP contribution in [0.4, 0.5) is 0 Å². The number of aromatic nitrogens is 4. The van der Waals surface area contributed by atoms with Gasteiger partial charge in [0.15, 0.2) is 5.65 Å². The predicted octanol–water partition coefficient (Wildman–Crippen LogP) is 5.18. The second-order valence-electron chi connectivity index (χ2n) is 5.73. The van der Waals surface area contributed by atoms with E-state index < -0.39 is 0 Å². The Morgan fingerprint density at radius 1 is 1.08 bits per heavy atom. The Morgan fingerprint density at radius 3 is 2.72 bits per heavy atom. The topological polar surface area (TPSA) is 43.6 Å². The highest BCUT2D eigenvalue weighted by Crippen LogP contribution is 2.29. The first-order valence-electron chi connectivity index (χ1n) is 7.84. The van der Waals surface area contributed by atoms with E-state index in [4.69, 9.17) is 0 Å². The Labute approximate surface area is 158 Å². The summed E-state index contributed by atoms with van der Waals surface area (Å²) in [5, 5.41) is 6.44. The smallest absolute Gasteiger partial charge is 0.167 e. The highest BCUT2D eigenvalue weighted by atomic mass is 79.9. The van der Waals surface area contributed by atoms with Crippen molar-refractivity contribution in [1.29, 1.82) is 0 Å². The third-order valence-corrected chi connectivity index (χ3v) is 5.44. The first-order chi connectivity index (χ1) is 12.2. The average molecular weight is 411 g/mol. The van der Waals surface area contributed by atoms with E-state index >= 15 is 0 Å². The molecule has 124 valence electrons. The third kappa shape index (κ3) is 3.45. The quantitative estimate of drug-likeness (QED) is 0.343. The first-order valence-corrected chi connectivity index (χ1v) is 9.61. The van der Waals surface area contributed by atoms with Crippen LogP contribution in [0.15, 0.2) is 70.6 Å². The molecule has 4 aromatic rings. The molecule has 0 saturated heterocycles. The molecular weight excluding hydrogens is 396 g/mol. The minimum absolute atomic E-state index is 0.829. The van der Waals surface area contributed by atoms with Gasteiger partial charge in [0.05, 0.1) is 17.3 Å². The molecule has 0 fully saturated rings. The number of fused-ring (bicyclic) bond motifs is 1. The third-order valence-electron chi connectivity index (χ3n) is 3.87. The van der Waals surface area contributed by atoms with Gasteiger partial charge >= 0.3 is 0 Å². The maximum Gasteiger partial charge on any atom is 0.167 e. The first kappa shape index (κ1) is 16.3. The lowest BCUT2D eigenvalue weighted by Gasteiger charge is -2.05. The van der Waals surface area contributed by atoms with Crippen molar-refractivity contribution in [1.82, 2.24) is 19.7 Å². The zero-order chi connectivity index (χ0) is 17.2. The van der Waals surface area contributed by atoms with Crippen LogP contribution in [0, 0.1) is 6.92 Å². The molecule has 0 aliphatic rings. The van der Waals surface area contributed by atoms with Gasteiger partial charge in [-0.1, -0.05) is 45.8 Å². The van der Waals surface area contributed by atoms with Crippen LogP contribution < -0.4 is 0 Å². The lowest BCUT2D eigenvalue weighted by atomic mass is 10.2. The number of nitrogens with zero attached hydrogens (tertiary/aromatic N) is 4. The summed E-state index contributed by atoms with van der Waals surface area (Å²) in [6.45, 7) is 2.07. The molecule has 0 radical (unpaired) electrons. The van der Waals surface area contributed by atoms with Gasteiger partial charge in [-0.15, -0.1) is 11.8 Å². The molecular formula is C19H15BrN4S. The Morgan fingerprint density at radius 2 is 1.92 bits per heavy atom. The van der Waals surface area contributed by atoms with Crippen molar-refractivity contribution in [2.75, 3.05) is 0 Å². The Kier molecular flexibility index (Phi) is 4.55. The molecule has 2 heterocycles. The monoisotopic (exact) mass is 410 g/mol. The number of aryl methyl sites for hydroxylation is 1. The number of hydrogen-bond acceptors (Lipinski definition) is 4. The Bertz CT molecular complexity index is 1030. The van der Waals surface area contributed by atoms with Crippen LogP contribution in [-0.2, 0) is 5.75 Å². The summed E-state index contributed by atoms with van der Waals surface area (Å²) in [5.74, 6) is 0.848. The molecule has 0 spiro atoms. The zero-order valence-corrected chi connectivity index (χ0v) is 16.0. The van der Waals surface area contributed by atoms with Crippen LogP contribution in [0.3, 0.4) is 0 Å². The van der Waals surface area contributed by atoms with Gasteiger partial charge in [-0.25, -0.2) is 14.6 Å². The minimum atomic E-state index is 0.829. The van der Waals surface area contributed by atoms with Gasteiger partial charge in [0.25, 0.3) is 0 Å². The van der Waals surface area contributed by atoms with E-state index in [9.17, 15) is 0 Å². The molecule has 0 atom stereocenters. The molecule has 4 nitrogen and oxygen atoms in total. The highest BCUT2D eigenvalue weighted by molar-refractivity contribution is 9.10. The minimum Gasteiger partial charge on any atom is -0.229 e. The van der Waals surface area contributed by atoms with Crippen LogP contribution in [0.2, 0.25) is 0 Å². The molecule has 25 heavy (non-hydrogen) atoms. The molecule has 2 aromatic carbocycles. The van der Waals surface area contributed by atoms with Crippen molar-refractivity contribution in [3.05, 3.63) is 76.7 Å².